The van der Waals surface area contributed by atoms with Gasteiger partial charge in [0.1, 0.15) is 0 Å². The average Bonchev–Trinajstić information content (AvgIpc) is 2.65. The monoisotopic (exact) mass is 403 g/mol. The first-order chi connectivity index (χ1) is 12.7. The van der Waals surface area contributed by atoms with Crippen molar-refractivity contribution in [3.8, 4) is 0 Å². The predicted molar refractivity (Wildman–Crippen MR) is 112 cm³/mol. The van der Waals surface area contributed by atoms with Crippen LogP contribution in [-0.4, -0.2) is 80.0 Å². The number of amides is 1. The molecule has 0 aromatic carbocycles. The molecule has 27 heavy (non-hydrogen) atoms. The van der Waals surface area contributed by atoms with Crippen LogP contribution in [0.1, 0.15) is 60.3 Å². The zero-order chi connectivity index (χ0) is 20.4. The van der Waals surface area contributed by atoms with E-state index in [-0.39, 0.29) is 17.6 Å². The first-order valence-electron chi connectivity index (χ1n) is 10.7. The van der Waals surface area contributed by atoms with Gasteiger partial charge in [-0.25, -0.2) is 12.7 Å². The Morgan fingerprint density at radius 2 is 1.67 bits per heavy atom. The highest BCUT2D eigenvalue weighted by molar-refractivity contribution is 7.89. The van der Waals surface area contributed by atoms with Crippen molar-refractivity contribution in [2.75, 3.05) is 51.6 Å². The fourth-order valence-electron chi connectivity index (χ4n) is 3.63. The lowest BCUT2D eigenvalue weighted by molar-refractivity contribution is -0.137. The van der Waals surface area contributed by atoms with Gasteiger partial charge in [-0.15, -0.1) is 0 Å². The molecule has 0 unspecified atom stereocenters. The molecule has 1 amide bonds. The number of carbonyl (C=O) groups excluding carboxylic acids is 1. The van der Waals surface area contributed by atoms with Gasteiger partial charge in [0, 0.05) is 38.6 Å². The third kappa shape index (κ3) is 8.08. The Morgan fingerprint density at radius 1 is 1.07 bits per heavy atom. The lowest BCUT2D eigenvalue weighted by atomic mass is 9.96. The summed E-state index contributed by atoms with van der Waals surface area (Å²) in [4.78, 5) is 17.4. The summed E-state index contributed by atoms with van der Waals surface area (Å²) < 4.78 is 26.3. The summed E-state index contributed by atoms with van der Waals surface area (Å²) in [6.07, 6.45) is 2.87. The van der Waals surface area contributed by atoms with Crippen molar-refractivity contribution < 1.29 is 13.2 Å². The minimum Gasteiger partial charge on any atom is -0.341 e. The van der Waals surface area contributed by atoms with Crippen molar-refractivity contribution in [2.24, 2.45) is 11.8 Å². The summed E-state index contributed by atoms with van der Waals surface area (Å²) in [5, 5.41) is 0. The normalized spacial score (nSPS) is 17.0. The van der Waals surface area contributed by atoms with Crippen molar-refractivity contribution in [2.45, 2.75) is 60.3 Å². The summed E-state index contributed by atoms with van der Waals surface area (Å²) in [7, 11) is -3.16. The predicted octanol–water partition coefficient (Wildman–Crippen LogP) is 2.65. The second-order valence-electron chi connectivity index (χ2n) is 8.05. The molecule has 0 aromatic heterocycles. The third-order valence-corrected chi connectivity index (χ3v) is 7.39. The molecule has 160 valence electrons. The fourth-order valence-corrected chi connectivity index (χ4v) is 5.31. The molecule has 0 N–H and O–H groups in total. The number of rotatable bonds is 12. The third-order valence-electron chi connectivity index (χ3n) is 5.43. The number of sulfonamides is 1. The van der Waals surface area contributed by atoms with Crippen LogP contribution in [0.2, 0.25) is 0 Å². The van der Waals surface area contributed by atoms with E-state index >= 15 is 0 Å². The maximum atomic E-state index is 13.1. The highest BCUT2D eigenvalue weighted by atomic mass is 32.2. The van der Waals surface area contributed by atoms with Gasteiger partial charge in [-0.3, -0.25) is 4.79 Å². The number of carbonyl (C=O) groups is 1. The van der Waals surface area contributed by atoms with Gasteiger partial charge in [-0.05, 0) is 38.3 Å². The highest BCUT2D eigenvalue weighted by Gasteiger charge is 2.32. The summed E-state index contributed by atoms with van der Waals surface area (Å²) in [6.45, 7) is 16.0. The molecular weight excluding hydrogens is 362 g/mol. The van der Waals surface area contributed by atoms with E-state index in [0.717, 1.165) is 39.1 Å². The van der Waals surface area contributed by atoms with E-state index < -0.39 is 10.0 Å². The van der Waals surface area contributed by atoms with Crippen LogP contribution >= 0.6 is 0 Å². The maximum Gasteiger partial charge on any atom is 0.225 e. The molecule has 0 spiro atoms. The molecule has 1 rings (SSSR count). The minimum atomic E-state index is -3.16. The van der Waals surface area contributed by atoms with Crippen molar-refractivity contribution in [3.63, 3.8) is 0 Å². The standard InChI is InChI=1S/C20H41N3O3S/c1-6-9-16-27(25,26)23-12-10-19(11-13-23)20(24)22(17-18(4)5)15-14-21(7-2)8-3/h18-19H,6-17H2,1-5H3. The zero-order valence-electron chi connectivity index (χ0n) is 18.1. The number of hydrogen-bond acceptors (Lipinski definition) is 4. The second-order valence-corrected chi connectivity index (χ2v) is 10.1. The first kappa shape index (κ1) is 24.4. The first-order valence-corrected chi connectivity index (χ1v) is 12.3. The van der Waals surface area contributed by atoms with Gasteiger partial charge in [0.15, 0.2) is 0 Å². The highest BCUT2D eigenvalue weighted by Crippen LogP contribution is 2.23. The Hall–Kier alpha value is -0.660. The Morgan fingerprint density at radius 3 is 2.15 bits per heavy atom. The number of nitrogens with zero attached hydrogens (tertiary/aromatic N) is 3. The van der Waals surface area contributed by atoms with Gasteiger partial charge in [-0.1, -0.05) is 41.0 Å². The van der Waals surface area contributed by atoms with Crippen molar-refractivity contribution >= 4 is 15.9 Å². The van der Waals surface area contributed by atoms with Gasteiger partial charge in [0.2, 0.25) is 15.9 Å². The lowest BCUT2D eigenvalue weighted by Crippen LogP contribution is -2.47. The van der Waals surface area contributed by atoms with E-state index in [0.29, 0.717) is 38.3 Å². The molecule has 1 saturated heterocycles. The Kier molecular flexibility index (Phi) is 10.9. The van der Waals surface area contributed by atoms with Crippen molar-refractivity contribution in [1.29, 1.82) is 0 Å². The van der Waals surface area contributed by atoms with Gasteiger partial charge < -0.3 is 9.80 Å². The molecule has 0 atom stereocenters. The number of unbranched alkanes of at least 4 members (excludes halogenated alkanes) is 1. The molecule has 0 bridgehead atoms. The van der Waals surface area contributed by atoms with Crippen LogP contribution in [0.15, 0.2) is 0 Å². The summed E-state index contributed by atoms with van der Waals surface area (Å²) in [5.74, 6) is 0.825. The minimum absolute atomic E-state index is 0.0434. The quantitative estimate of drug-likeness (QED) is 0.503. The summed E-state index contributed by atoms with van der Waals surface area (Å²) >= 11 is 0. The summed E-state index contributed by atoms with van der Waals surface area (Å²) in [5.41, 5.74) is 0. The van der Waals surface area contributed by atoms with E-state index in [9.17, 15) is 13.2 Å². The Labute approximate surface area is 167 Å². The van der Waals surface area contributed by atoms with Crippen LogP contribution < -0.4 is 0 Å². The molecule has 1 fully saturated rings. The van der Waals surface area contributed by atoms with Crippen LogP contribution in [-0.2, 0) is 14.8 Å². The molecule has 6 nitrogen and oxygen atoms in total. The fraction of sp³-hybridized carbons (Fsp3) is 0.950. The zero-order valence-corrected chi connectivity index (χ0v) is 18.9. The summed E-state index contributed by atoms with van der Waals surface area (Å²) in [6, 6.07) is 0. The number of hydrogen-bond donors (Lipinski definition) is 0. The van der Waals surface area contributed by atoms with Gasteiger partial charge in [-0.2, -0.15) is 0 Å². The van der Waals surface area contributed by atoms with E-state index in [1.807, 2.05) is 11.8 Å². The molecular formula is C20H41N3O3S. The largest absolute Gasteiger partial charge is 0.341 e. The van der Waals surface area contributed by atoms with Crippen LogP contribution in [0, 0.1) is 11.8 Å². The lowest BCUT2D eigenvalue weighted by Gasteiger charge is -2.35. The smallest absolute Gasteiger partial charge is 0.225 e. The van der Waals surface area contributed by atoms with Crippen LogP contribution in [0.5, 0.6) is 0 Å². The van der Waals surface area contributed by atoms with Gasteiger partial charge in [0.05, 0.1) is 5.75 Å². The molecule has 0 aliphatic carbocycles. The van der Waals surface area contributed by atoms with Crippen LogP contribution in [0.25, 0.3) is 0 Å². The van der Waals surface area contributed by atoms with Crippen LogP contribution in [0.4, 0.5) is 0 Å². The van der Waals surface area contributed by atoms with Gasteiger partial charge >= 0.3 is 0 Å². The second kappa shape index (κ2) is 12.0. The molecule has 0 aromatic rings. The molecule has 7 heteroatoms. The molecule has 1 aliphatic heterocycles. The molecule has 0 saturated carbocycles. The van der Waals surface area contributed by atoms with E-state index in [1.54, 1.807) is 4.31 Å². The maximum absolute atomic E-state index is 13.1. The van der Waals surface area contributed by atoms with Crippen molar-refractivity contribution in [3.05, 3.63) is 0 Å². The van der Waals surface area contributed by atoms with E-state index in [2.05, 4.69) is 32.6 Å². The molecule has 1 heterocycles. The van der Waals surface area contributed by atoms with E-state index in [1.165, 1.54) is 0 Å². The SMILES string of the molecule is CCCCS(=O)(=O)N1CCC(C(=O)N(CCN(CC)CC)CC(C)C)CC1. The average molecular weight is 404 g/mol. The molecule has 0 radical (unpaired) electrons. The number of piperidine rings is 1. The van der Waals surface area contributed by atoms with Gasteiger partial charge in [0.25, 0.3) is 0 Å². The Bertz CT molecular complexity index is 525. The molecule has 1 aliphatic rings. The Balaban J connectivity index is 2.64. The van der Waals surface area contributed by atoms with Crippen molar-refractivity contribution in [1.82, 2.24) is 14.1 Å². The number of likely N-dealkylation sites (N-methyl/N-ethyl adjacent to an activating group) is 1. The van der Waals surface area contributed by atoms with E-state index in [4.69, 9.17) is 0 Å². The topological polar surface area (TPSA) is 60.9 Å². The van der Waals surface area contributed by atoms with Crippen LogP contribution in [0.3, 0.4) is 0 Å².